The normalized spacial score (nSPS) is 12.0. The third-order valence-electron chi connectivity index (χ3n) is 4.49. The molecule has 0 bridgehead atoms. The number of benzene rings is 2. The minimum absolute atomic E-state index is 0.0614. The SMILES string of the molecule is COc1ccc(-c2cc(-c3nccn3CC(C)OC)ccc2OC)cc1F. The van der Waals surface area contributed by atoms with Crippen LogP contribution in [0.2, 0.25) is 0 Å². The van der Waals surface area contributed by atoms with Gasteiger partial charge in [0.1, 0.15) is 11.6 Å². The summed E-state index contributed by atoms with van der Waals surface area (Å²) in [5.74, 6) is 1.26. The van der Waals surface area contributed by atoms with Crippen LogP contribution in [0.3, 0.4) is 0 Å². The Morgan fingerprint density at radius 3 is 2.37 bits per heavy atom. The topological polar surface area (TPSA) is 45.5 Å². The molecule has 1 aromatic heterocycles. The summed E-state index contributed by atoms with van der Waals surface area (Å²) in [6.07, 6.45) is 3.74. The number of imidazole rings is 1. The average Bonchev–Trinajstić information content (AvgIpc) is 3.15. The molecule has 0 saturated heterocycles. The molecule has 3 rings (SSSR count). The predicted octanol–water partition coefficient (Wildman–Crippen LogP) is 4.41. The van der Waals surface area contributed by atoms with Crippen molar-refractivity contribution in [3.63, 3.8) is 0 Å². The van der Waals surface area contributed by atoms with Crippen LogP contribution in [0, 0.1) is 5.82 Å². The molecule has 3 aromatic rings. The highest BCUT2D eigenvalue weighted by Crippen LogP contribution is 2.35. The molecule has 0 spiro atoms. The number of hydrogen-bond acceptors (Lipinski definition) is 4. The Bertz CT molecular complexity index is 924. The van der Waals surface area contributed by atoms with Crippen LogP contribution in [0.1, 0.15) is 6.92 Å². The second-order valence-corrected chi connectivity index (χ2v) is 6.21. The molecule has 0 saturated carbocycles. The largest absolute Gasteiger partial charge is 0.496 e. The van der Waals surface area contributed by atoms with Crippen molar-refractivity contribution in [3.05, 3.63) is 54.6 Å². The second kappa shape index (κ2) is 8.22. The van der Waals surface area contributed by atoms with Gasteiger partial charge in [-0.15, -0.1) is 0 Å². The van der Waals surface area contributed by atoms with Crippen LogP contribution in [0.15, 0.2) is 48.8 Å². The van der Waals surface area contributed by atoms with Crippen molar-refractivity contribution in [1.82, 2.24) is 9.55 Å². The van der Waals surface area contributed by atoms with E-state index < -0.39 is 5.82 Å². The van der Waals surface area contributed by atoms with Gasteiger partial charge in [0.2, 0.25) is 0 Å². The monoisotopic (exact) mass is 370 g/mol. The quantitative estimate of drug-likeness (QED) is 0.618. The molecule has 0 aliphatic rings. The molecular weight excluding hydrogens is 347 g/mol. The van der Waals surface area contributed by atoms with E-state index in [9.17, 15) is 4.39 Å². The molecule has 5 nitrogen and oxygen atoms in total. The third-order valence-corrected chi connectivity index (χ3v) is 4.49. The van der Waals surface area contributed by atoms with E-state index in [1.165, 1.54) is 13.2 Å². The maximum Gasteiger partial charge on any atom is 0.165 e. The summed E-state index contributed by atoms with van der Waals surface area (Å²) in [4.78, 5) is 4.48. The molecule has 0 amide bonds. The summed E-state index contributed by atoms with van der Waals surface area (Å²) >= 11 is 0. The van der Waals surface area contributed by atoms with Crippen LogP contribution < -0.4 is 9.47 Å². The van der Waals surface area contributed by atoms with Crippen molar-refractivity contribution < 1.29 is 18.6 Å². The molecule has 0 aliphatic heterocycles. The van der Waals surface area contributed by atoms with Gasteiger partial charge in [0, 0.05) is 30.6 Å². The van der Waals surface area contributed by atoms with Crippen LogP contribution >= 0.6 is 0 Å². The van der Waals surface area contributed by atoms with Gasteiger partial charge in [-0.3, -0.25) is 0 Å². The fourth-order valence-corrected chi connectivity index (χ4v) is 2.97. The van der Waals surface area contributed by atoms with Gasteiger partial charge in [-0.1, -0.05) is 6.07 Å². The zero-order valence-corrected chi connectivity index (χ0v) is 15.9. The lowest BCUT2D eigenvalue weighted by atomic mass is 10.0. The van der Waals surface area contributed by atoms with E-state index >= 15 is 0 Å². The number of methoxy groups -OCH3 is 3. The molecule has 1 atom stereocenters. The molecule has 0 fully saturated rings. The summed E-state index contributed by atoms with van der Waals surface area (Å²) in [6.45, 7) is 2.69. The van der Waals surface area contributed by atoms with Crippen LogP contribution in [0.4, 0.5) is 4.39 Å². The van der Waals surface area contributed by atoms with Crippen molar-refractivity contribution in [2.75, 3.05) is 21.3 Å². The van der Waals surface area contributed by atoms with Crippen molar-refractivity contribution in [3.8, 4) is 34.0 Å². The van der Waals surface area contributed by atoms with E-state index in [1.54, 1.807) is 26.5 Å². The van der Waals surface area contributed by atoms with E-state index in [1.807, 2.05) is 42.0 Å². The zero-order valence-electron chi connectivity index (χ0n) is 15.9. The van der Waals surface area contributed by atoms with Crippen molar-refractivity contribution >= 4 is 0 Å². The fourth-order valence-electron chi connectivity index (χ4n) is 2.97. The van der Waals surface area contributed by atoms with Crippen LogP contribution in [0.25, 0.3) is 22.5 Å². The number of ether oxygens (including phenoxy) is 3. The summed E-state index contributed by atoms with van der Waals surface area (Å²) < 4.78 is 32.1. The summed E-state index contributed by atoms with van der Waals surface area (Å²) in [7, 11) is 4.73. The average molecular weight is 370 g/mol. The number of hydrogen-bond donors (Lipinski definition) is 0. The van der Waals surface area contributed by atoms with Crippen molar-refractivity contribution in [2.24, 2.45) is 0 Å². The Labute approximate surface area is 158 Å². The second-order valence-electron chi connectivity index (χ2n) is 6.21. The highest BCUT2D eigenvalue weighted by molar-refractivity contribution is 5.76. The lowest BCUT2D eigenvalue weighted by Gasteiger charge is -2.15. The minimum Gasteiger partial charge on any atom is -0.496 e. The number of rotatable bonds is 7. The van der Waals surface area contributed by atoms with E-state index in [4.69, 9.17) is 14.2 Å². The lowest BCUT2D eigenvalue weighted by Crippen LogP contribution is -2.14. The molecule has 27 heavy (non-hydrogen) atoms. The number of halogens is 1. The minimum atomic E-state index is -0.419. The molecule has 0 N–H and O–H groups in total. The highest BCUT2D eigenvalue weighted by Gasteiger charge is 2.14. The Hall–Kier alpha value is -2.86. The van der Waals surface area contributed by atoms with Gasteiger partial charge in [-0.2, -0.15) is 0 Å². The van der Waals surface area contributed by atoms with E-state index in [-0.39, 0.29) is 11.9 Å². The molecule has 2 aromatic carbocycles. The number of aromatic nitrogens is 2. The van der Waals surface area contributed by atoms with Crippen LogP contribution in [0.5, 0.6) is 11.5 Å². The molecule has 142 valence electrons. The third kappa shape index (κ3) is 3.95. The Morgan fingerprint density at radius 2 is 1.70 bits per heavy atom. The number of nitrogens with zero attached hydrogens (tertiary/aromatic N) is 2. The fraction of sp³-hybridized carbons (Fsp3) is 0.286. The lowest BCUT2D eigenvalue weighted by molar-refractivity contribution is 0.103. The van der Waals surface area contributed by atoms with Gasteiger partial charge < -0.3 is 18.8 Å². The predicted molar refractivity (Wildman–Crippen MR) is 103 cm³/mol. The van der Waals surface area contributed by atoms with Gasteiger partial charge in [0.15, 0.2) is 11.6 Å². The van der Waals surface area contributed by atoms with Gasteiger partial charge in [0.05, 0.1) is 26.9 Å². The maximum atomic E-state index is 14.2. The van der Waals surface area contributed by atoms with E-state index in [0.29, 0.717) is 17.9 Å². The Morgan fingerprint density at radius 1 is 1.00 bits per heavy atom. The first-order valence-electron chi connectivity index (χ1n) is 8.63. The molecule has 0 aliphatic carbocycles. The van der Waals surface area contributed by atoms with E-state index in [0.717, 1.165) is 17.0 Å². The molecule has 6 heteroatoms. The smallest absolute Gasteiger partial charge is 0.165 e. The van der Waals surface area contributed by atoms with Gasteiger partial charge in [-0.25, -0.2) is 9.37 Å². The zero-order chi connectivity index (χ0) is 19.4. The van der Waals surface area contributed by atoms with E-state index in [2.05, 4.69) is 4.98 Å². The van der Waals surface area contributed by atoms with Gasteiger partial charge in [0.25, 0.3) is 0 Å². The van der Waals surface area contributed by atoms with Crippen LogP contribution in [-0.2, 0) is 11.3 Å². The van der Waals surface area contributed by atoms with Crippen molar-refractivity contribution in [2.45, 2.75) is 19.6 Å². The van der Waals surface area contributed by atoms with Crippen molar-refractivity contribution in [1.29, 1.82) is 0 Å². The standard InChI is InChI=1S/C21H23FN2O3/c1-14(25-2)13-24-10-9-23-21(24)16-6-7-19(26-3)17(11-16)15-5-8-20(27-4)18(22)12-15/h5-12,14H,13H2,1-4H3. The van der Waals surface area contributed by atoms with Gasteiger partial charge in [-0.05, 0) is 42.8 Å². The summed E-state index contributed by atoms with van der Waals surface area (Å²) in [6, 6.07) is 10.6. The summed E-state index contributed by atoms with van der Waals surface area (Å²) in [5, 5.41) is 0. The maximum absolute atomic E-state index is 14.2. The molecule has 1 heterocycles. The highest BCUT2D eigenvalue weighted by atomic mass is 19.1. The molecule has 1 unspecified atom stereocenters. The first-order chi connectivity index (χ1) is 13.1. The molecule has 0 radical (unpaired) electrons. The molecular formula is C21H23FN2O3. The summed E-state index contributed by atoms with van der Waals surface area (Å²) in [5.41, 5.74) is 2.40. The Balaban J connectivity index is 2.05. The first kappa shape index (κ1) is 18.9. The van der Waals surface area contributed by atoms with Crippen LogP contribution in [-0.4, -0.2) is 37.0 Å². The van der Waals surface area contributed by atoms with Gasteiger partial charge >= 0.3 is 0 Å². The Kier molecular flexibility index (Phi) is 5.76. The first-order valence-corrected chi connectivity index (χ1v) is 8.63.